The zero-order valence-electron chi connectivity index (χ0n) is 37.8. The lowest BCUT2D eigenvalue weighted by Crippen LogP contribution is -2.45. The molecule has 6 nitrogen and oxygen atoms in total. The number of carbonyl (C=O) groups excluding carboxylic acids is 2. The zero-order valence-corrected chi connectivity index (χ0v) is 37.8. The SMILES string of the molecule is CCCCCC/C=C\CCCCCCCC(=O)OCCCCC/C=C\C/C=C\CCCCCCCCCC(=O)NC(CO)C(O)CCCCCCCCCCCC. The Hall–Kier alpha value is -1.92. The highest BCUT2D eigenvalue weighted by atomic mass is 16.5. The number of unbranched alkanes of at least 4 members (excludes halogenated alkanes) is 28. The molecule has 0 spiro atoms. The number of carbonyl (C=O) groups is 2. The average molecular weight is 802 g/mol. The maximum atomic E-state index is 12.4. The van der Waals surface area contributed by atoms with Crippen LogP contribution in [-0.2, 0) is 14.3 Å². The maximum absolute atomic E-state index is 12.4. The van der Waals surface area contributed by atoms with Gasteiger partial charge in [-0.25, -0.2) is 0 Å². The molecule has 334 valence electrons. The molecule has 0 aliphatic rings. The molecule has 0 aromatic carbocycles. The van der Waals surface area contributed by atoms with Crippen LogP contribution < -0.4 is 5.32 Å². The number of hydrogen-bond donors (Lipinski definition) is 3. The first kappa shape index (κ1) is 55.1. The highest BCUT2D eigenvalue weighted by Crippen LogP contribution is 2.15. The third-order valence-corrected chi connectivity index (χ3v) is 11.2. The van der Waals surface area contributed by atoms with E-state index in [0.29, 0.717) is 25.9 Å². The Bertz CT molecular complexity index is 931. The van der Waals surface area contributed by atoms with E-state index in [2.05, 4.69) is 55.6 Å². The van der Waals surface area contributed by atoms with Crippen LogP contribution in [0, 0.1) is 0 Å². The van der Waals surface area contributed by atoms with E-state index in [1.807, 2.05) is 0 Å². The van der Waals surface area contributed by atoms with Crippen LogP contribution in [0.5, 0.6) is 0 Å². The highest BCUT2D eigenvalue weighted by molar-refractivity contribution is 5.76. The minimum absolute atomic E-state index is 0.0256. The van der Waals surface area contributed by atoms with Gasteiger partial charge in [0.25, 0.3) is 0 Å². The number of esters is 1. The summed E-state index contributed by atoms with van der Waals surface area (Å²) in [6, 6.07) is -0.552. The molecule has 3 N–H and O–H groups in total. The molecular weight excluding hydrogens is 707 g/mol. The molecule has 57 heavy (non-hydrogen) atoms. The first-order valence-corrected chi connectivity index (χ1v) is 24.7. The number of allylic oxidation sites excluding steroid dienone is 6. The molecular formula is C51H95NO5. The van der Waals surface area contributed by atoms with Crippen LogP contribution in [0.1, 0.15) is 251 Å². The predicted octanol–water partition coefficient (Wildman–Crippen LogP) is 14.5. The summed E-state index contributed by atoms with van der Waals surface area (Å²) in [6.45, 7) is 4.86. The van der Waals surface area contributed by atoms with E-state index in [1.54, 1.807) is 0 Å². The van der Waals surface area contributed by atoms with E-state index in [4.69, 9.17) is 4.74 Å². The standard InChI is InChI=1S/C51H95NO5/c1-3-5-7-9-11-13-15-21-25-29-33-37-41-45-51(56)57-46-42-38-34-30-26-23-20-18-16-17-19-22-24-28-32-36-40-44-50(55)52-48(47-53)49(54)43-39-35-31-27-14-12-10-8-6-4-2/h13,15-16,18,23,26,48-49,53-54H,3-12,14,17,19-22,24-25,27-47H2,1-2H3,(H,52,55)/b15-13-,18-16-,26-23-. The van der Waals surface area contributed by atoms with Crippen LogP contribution >= 0.6 is 0 Å². The molecule has 2 unspecified atom stereocenters. The summed E-state index contributed by atoms with van der Waals surface area (Å²) in [4.78, 5) is 24.4. The molecule has 0 fully saturated rings. The molecule has 0 aliphatic heterocycles. The van der Waals surface area contributed by atoms with E-state index in [-0.39, 0.29) is 18.5 Å². The van der Waals surface area contributed by atoms with Crippen molar-refractivity contribution in [3.05, 3.63) is 36.5 Å². The second kappa shape index (κ2) is 46.8. The third kappa shape index (κ3) is 43.5. The Labute approximate surface area is 353 Å². The molecule has 0 aromatic heterocycles. The Balaban J connectivity index is 3.51. The van der Waals surface area contributed by atoms with Gasteiger partial charge < -0.3 is 20.3 Å². The number of nitrogens with one attached hydrogen (secondary N) is 1. The second-order valence-electron chi connectivity index (χ2n) is 16.8. The smallest absolute Gasteiger partial charge is 0.305 e. The monoisotopic (exact) mass is 802 g/mol. The first-order valence-electron chi connectivity index (χ1n) is 24.7. The first-order chi connectivity index (χ1) is 28.0. The van der Waals surface area contributed by atoms with Crippen molar-refractivity contribution in [3.8, 4) is 0 Å². The van der Waals surface area contributed by atoms with E-state index in [9.17, 15) is 19.8 Å². The highest BCUT2D eigenvalue weighted by Gasteiger charge is 2.20. The van der Waals surface area contributed by atoms with Crippen molar-refractivity contribution in [2.75, 3.05) is 13.2 Å². The van der Waals surface area contributed by atoms with Crippen molar-refractivity contribution in [1.29, 1.82) is 0 Å². The van der Waals surface area contributed by atoms with Gasteiger partial charge in [-0.05, 0) is 89.9 Å². The van der Waals surface area contributed by atoms with Gasteiger partial charge in [0.1, 0.15) is 0 Å². The zero-order chi connectivity index (χ0) is 41.5. The summed E-state index contributed by atoms with van der Waals surface area (Å²) in [7, 11) is 0. The van der Waals surface area contributed by atoms with Crippen molar-refractivity contribution in [1.82, 2.24) is 5.32 Å². The topological polar surface area (TPSA) is 95.9 Å². The third-order valence-electron chi connectivity index (χ3n) is 11.2. The van der Waals surface area contributed by atoms with E-state index < -0.39 is 12.1 Å². The Morgan fingerprint density at radius 2 is 0.877 bits per heavy atom. The van der Waals surface area contributed by atoms with Gasteiger partial charge in [0, 0.05) is 12.8 Å². The molecule has 1 amide bonds. The fourth-order valence-corrected chi connectivity index (χ4v) is 7.31. The summed E-state index contributed by atoms with van der Waals surface area (Å²) in [5.41, 5.74) is 0. The Morgan fingerprint density at radius 1 is 0.491 bits per heavy atom. The van der Waals surface area contributed by atoms with Crippen molar-refractivity contribution in [2.45, 2.75) is 264 Å². The predicted molar refractivity (Wildman–Crippen MR) is 246 cm³/mol. The van der Waals surface area contributed by atoms with Crippen LogP contribution in [0.2, 0.25) is 0 Å². The van der Waals surface area contributed by atoms with Crippen LogP contribution in [0.4, 0.5) is 0 Å². The molecule has 0 radical (unpaired) electrons. The number of ether oxygens (including phenoxy) is 1. The quantitative estimate of drug-likeness (QED) is 0.0324. The van der Waals surface area contributed by atoms with Gasteiger partial charge in [-0.1, -0.05) is 185 Å². The van der Waals surface area contributed by atoms with Gasteiger partial charge in [0.2, 0.25) is 5.91 Å². The number of hydrogen-bond acceptors (Lipinski definition) is 5. The molecule has 0 aromatic rings. The summed E-state index contributed by atoms with van der Waals surface area (Å²) >= 11 is 0. The van der Waals surface area contributed by atoms with Gasteiger partial charge >= 0.3 is 5.97 Å². The van der Waals surface area contributed by atoms with Gasteiger partial charge in [-0.2, -0.15) is 0 Å². The molecule has 2 atom stereocenters. The molecule has 0 rings (SSSR count). The molecule has 0 saturated heterocycles. The lowest BCUT2D eigenvalue weighted by molar-refractivity contribution is -0.143. The van der Waals surface area contributed by atoms with Crippen molar-refractivity contribution in [3.63, 3.8) is 0 Å². The number of rotatable bonds is 45. The maximum Gasteiger partial charge on any atom is 0.305 e. The number of amides is 1. The van der Waals surface area contributed by atoms with Crippen molar-refractivity contribution >= 4 is 11.9 Å². The lowest BCUT2D eigenvalue weighted by Gasteiger charge is -2.22. The number of aliphatic hydroxyl groups excluding tert-OH is 2. The molecule has 0 aliphatic carbocycles. The molecule has 6 heteroatoms. The summed E-state index contributed by atoms with van der Waals surface area (Å²) in [5, 5.41) is 23.1. The van der Waals surface area contributed by atoms with Crippen LogP contribution in [0.3, 0.4) is 0 Å². The normalized spacial score (nSPS) is 13.0. The van der Waals surface area contributed by atoms with E-state index in [1.165, 1.54) is 135 Å². The van der Waals surface area contributed by atoms with Crippen LogP contribution in [-0.4, -0.2) is 47.4 Å². The van der Waals surface area contributed by atoms with Crippen molar-refractivity contribution < 1.29 is 24.5 Å². The van der Waals surface area contributed by atoms with Gasteiger partial charge in [0.15, 0.2) is 0 Å². The summed E-state index contributed by atoms with van der Waals surface area (Å²) in [5.74, 6) is -0.0799. The van der Waals surface area contributed by atoms with Crippen molar-refractivity contribution in [2.24, 2.45) is 0 Å². The minimum Gasteiger partial charge on any atom is -0.466 e. The average Bonchev–Trinajstić information content (AvgIpc) is 3.21. The molecule has 0 saturated carbocycles. The van der Waals surface area contributed by atoms with E-state index in [0.717, 1.165) is 83.5 Å². The largest absolute Gasteiger partial charge is 0.466 e. The molecule has 0 heterocycles. The Morgan fingerprint density at radius 3 is 1.37 bits per heavy atom. The van der Waals surface area contributed by atoms with Crippen LogP contribution in [0.15, 0.2) is 36.5 Å². The van der Waals surface area contributed by atoms with Gasteiger partial charge in [-0.15, -0.1) is 0 Å². The summed E-state index contributed by atoms with van der Waals surface area (Å²) in [6.07, 6.45) is 55.4. The van der Waals surface area contributed by atoms with Gasteiger partial charge in [-0.3, -0.25) is 9.59 Å². The minimum atomic E-state index is -0.673. The lowest BCUT2D eigenvalue weighted by atomic mass is 10.0. The molecule has 0 bridgehead atoms. The summed E-state index contributed by atoms with van der Waals surface area (Å²) < 4.78 is 5.43. The fraction of sp³-hybridized carbons (Fsp3) is 0.843. The fourth-order valence-electron chi connectivity index (χ4n) is 7.31. The van der Waals surface area contributed by atoms with E-state index >= 15 is 0 Å². The second-order valence-corrected chi connectivity index (χ2v) is 16.8. The van der Waals surface area contributed by atoms with Crippen LogP contribution in [0.25, 0.3) is 0 Å². The Kier molecular flexibility index (Phi) is 45.2. The van der Waals surface area contributed by atoms with Gasteiger partial charge in [0.05, 0.1) is 25.4 Å². The number of aliphatic hydroxyl groups is 2.